The van der Waals surface area contributed by atoms with Crippen LogP contribution in [0.5, 0.6) is 0 Å². The van der Waals surface area contributed by atoms with E-state index in [2.05, 4.69) is 40.5 Å². The molecule has 0 aromatic heterocycles. The van der Waals surface area contributed by atoms with Crippen molar-refractivity contribution in [1.82, 2.24) is 4.90 Å². The zero-order chi connectivity index (χ0) is 21.1. The van der Waals surface area contributed by atoms with Crippen molar-refractivity contribution in [3.05, 3.63) is 65.5 Å². The van der Waals surface area contributed by atoms with Gasteiger partial charge in [0, 0.05) is 25.2 Å². The number of anilines is 1. The van der Waals surface area contributed by atoms with Gasteiger partial charge in [-0.15, -0.1) is 0 Å². The lowest BCUT2D eigenvalue weighted by Gasteiger charge is -2.44. The highest BCUT2D eigenvalue weighted by Crippen LogP contribution is 2.37. The van der Waals surface area contributed by atoms with E-state index in [1.165, 1.54) is 37.3 Å². The third kappa shape index (κ3) is 4.80. The number of rotatable bonds is 4. The highest BCUT2D eigenvalue weighted by molar-refractivity contribution is 5.47. The summed E-state index contributed by atoms with van der Waals surface area (Å²) >= 11 is 0. The molecule has 0 unspecified atom stereocenters. The zero-order valence-electron chi connectivity index (χ0n) is 17.0. The van der Waals surface area contributed by atoms with Crippen LogP contribution < -0.4 is 5.32 Å². The van der Waals surface area contributed by atoms with Crippen LogP contribution in [0.1, 0.15) is 55.6 Å². The minimum absolute atomic E-state index is 0.0752. The van der Waals surface area contributed by atoms with Gasteiger partial charge in [-0.3, -0.25) is 4.90 Å². The number of piperidine rings is 1. The molecular formula is C24H28F4N2. The molecule has 2 atom stereocenters. The maximum absolute atomic E-state index is 14.2. The highest BCUT2D eigenvalue weighted by atomic mass is 19.4. The summed E-state index contributed by atoms with van der Waals surface area (Å²) in [6.07, 6.45) is 2.12. The van der Waals surface area contributed by atoms with E-state index in [-0.39, 0.29) is 11.7 Å². The lowest BCUT2D eigenvalue weighted by atomic mass is 9.78. The Hall–Kier alpha value is -2.08. The Balaban J connectivity index is 1.37. The molecule has 162 valence electrons. The second kappa shape index (κ2) is 8.96. The fourth-order valence-corrected chi connectivity index (χ4v) is 5.04. The summed E-state index contributed by atoms with van der Waals surface area (Å²) in [5.74, 6) is -0.291. The monoisotopic (exact) mass is 420 g/mol. The quantitative estimate of drug-likeness (QED) is 0.572. The third-order valence-electron chi connectivity index (χ3n) is 6.61. The van der Waals surface area contributed by atoms with Gasteiger partial charge in [0.1, 0.15) is 5.82 Å². The average Bonchev–Trinajstić information content (AvgIpc) is 2.76. The van der Waals surface area contributed by atoms with Crippen LogP contribution in [0.4, 0.5) is 23.2 Å². The second-order valence-corrected chi connectivity index (χ2v) is 8.52. The summed E-state index contributed by atoms with van der Waals surface area (Å²) < 4.78 is 52.4. The molecule has 2 nitrogen and oxygen atoms in total. The first-order valence-electron chi connectivity index (χ1n) is 10.8. The molecule has 6 heteroatoms. The van der Waals surface area contributed by atoms with Gasteiger partial charge in [-0.05, 0) is 55.4 Å². The molecule has 0 spiro atoms. The lowest BCUT2D eigenvalue weighted by Crippen LogP contribution is -2.48. The van der Waals surface area contributed by atoms with Gasteiger partial charge >= 0.3 is 6.18 Å². The van der Waals surface area contributed by atoms with E-state index in [0.29, 0.717) is 18.0 Å². The van der Waals surface area contributed by atoms with Crippen LogP contribution in [0.2, 0.25) is 0 Å². The van der Waals surface area contributed by atoms with Gasteiger partial charge < -0.3 is 5.32 Å². The Morgan fingerprint density at radius 1 is 0.867 bits per heavy atom. The van der Waals surface area contributed by atoms with E-state index >= 15 is 0 Å². The van der Waals surface area contributed by atoms with Gasteiger partial charge in [-0.1, -0.05) is 43.2 Å². The Morgan fingerprint density at radius 3 is 2.23 bits per heavy atom. The number of nitrogens with zero attached hydrogens (tertiary/aromatic N) is 1. The predicted molar refractivity (Wildman–Crippen MR) is 111 cm³/mol. The molecule has 1 aliphatic heterocycles. The molecule has 4 rings (SSSR count). The van der Waals surface area contributed by atoms with Crippen molar-refractivity contribution in [2.24, 2.45) is 0 Å². The van der Waals surface area contributed by atoms with Gasteiger partial charge in [0.15, 0.2) is 0 Å². The van der Waals surface area contributed by atoms with Gasteiger partial charge in [0.2, 0.25) is 0 Å². The van der Waals surface area contributed by atoms with Crippen LogP contribution >= 0.6 is 0 Å². The van der Waals surface area contributed by atoms with Crippen molar-refractivity contribution in [3.63, 3.8) is 0 Å². The topological polar surface area (TPSA) is 15.3 Å². The molecule has 1 aliphatic carbocycles. The number of likely N-dealkylation sites (tertiary alicyclic amines) is 1. The zero-order valence-corrected chi connectivity index (χ0v) is 17.0. The molecule has 2 fully saturated rings. The van der Waals surface area contributed by atoms with Gasteiger partial charge in [0.25, 0.3) is 0 Å². The van der Waals surface area contributed by atoms with Crippen LogP contribution in [0.25, 0.3) is 0 Å². The third-order valence-corrected chi connectivity index (χ3v) is 6.61. The van der Waals surface area contributed by atoms with E-state index in [9.17, 15) is 17.6 Å². The van der Waals surface area contributed by atoms with E-state index in [1.54, 1.807) is 0 Å². The maximum Gasteiger partial charge on any atom is 0.416 e. The molecular weight excluding hydrogens is 392 g/mol. The van der Waals surface area contributed by atoms with Crippen molar-refractivity contribution < 1.29 is 17.6 Å². The fourth-order valence-electron chi connectivity index (χ4n) is 5.04. The number of hydrogen-bond acceptors (Lipinski definition) is 2. The summed E-state index contributed by atoms with van der Waals surface area (Å²) in [7, 11) is 0. The summed E-state index contributed by atoms with van der Waals surface area (Å²) in [6, 6.07) is 14.0. The average molecular weight is 420 g/mol. The molecule has 2 aromatic carbocycles. The molecule has 2 aliphatic rings. The Bertz CT molecular complexity index is 829. The van der Waals surface area contributed by atoms with E-state index in [1.807, 2.05) is 0 Å². The van der Waals surface area contributed by atoms with Crippen molar-refractivity contribution in [3.8, 4) is 0 Å². The first-order chi connectivity index (χ1) is 14.4. The van der Waals surface area contributed by atoms with Crippen LogP contribution in [-0.4, -0.2) is 30.1 Å². The second-order valence-electron chi connectivity index (χ2n) is 8.52. The molecule has 0 amide bonds. The predicted octanol–water partition coefficient (Wildman–Crippen LogP) is 6.45. The molecule has 1 saturated heterocycles. The minimum atomic E-state index is -4.53. The number of hydrogen-bond donors (Lipinski definition) is 1. The van der Waals surface area contributed by atoms with E-state index in [0.717, 1.165) is 32.0 Å². The van der Waals surface area contributed by atoms with Gasteiger partial charge in [0.05, 0.1) is 11.3 Å². The Morgan fingerprint density at radius 2 is 1.57 bits per heavy atom. The van der Waals surface area contributed by atoms with Crippen LogP contribution in [0.3, 0.4) is 0 Å². The van der Waals surface area contributed by atoms with Crippen molar-refractivity contribution in [2.75, 3.05) is 18.4 Å². The standard InChI is InChI=1S/C24H28F4N2/c25-21-16-18(24(26,27)28)10-11-22(21)29-19-12-14-30(15-13-19)23-9-5-4-8-20(23)17-6-2-1-3-7-17/h1-3,6-7,10-11,16,19-20,23,29H,4-5,8-9,12-15H2/t20-,23-/m1/s1. The number of halogens is 4. The lowest BCUT2D eigenvalue weighted by molar-refractivity contribution is -0.137. The Labute approximate surface area is 175 Å². The van der Waals surface area contributed by atoms with Gasteiger partial charge in [-0.25, -0.2) is 4.39 Å². The Kier molecular flexibility index (Phi) is 6.32. The summed E-state index contributed by atoms with van der Waals surface area (Å²) in [6.45, 7) is 1.85. The summed E-state index contributed by atoms with van der Waals surface area (Å²) in [4.78, 5) is 2.57. The van der Waals surface area contributed by atoms with Crippen LogP contribution in [-0.2, 0) is 6.18 Å². The number of benzene rings is 2. The van der Waals surface area contributed by atoms with Crippen LogP contribution in [0, 0.1) is 5.82 Å². The highest BCUT2D eigenvalue weighted by Gasteiger charge is 2.34. The first kappa shape index (κ1) is 21.2. The number of nitrogens with one attached hydrogen (secondary N) is 1. The smallest absolute Gasteiger partial charge is 0.380 e. The largest absolute Gasteiger partial charge is 0.416 e. The molecule has 30 heavy (non-hydrogen) atoms. The molecule has 0 radical (unpaired) electrons. The maximum atomic E-state index is 14.2. The molecule has 1 saturated carbocycles. The number of alkyl halides is 3. The van der Waals surface area contributed by atoms with Crippen molar-refractivity contribution in [1.29, 1.82) is 0 Å². The van der Waals surface area contributed by atoms with Crippen molar-refractivity contribution >= 4 is 5.69 Å². The normalized spacial score (nSPS) is 24.0. The van der Waals surface area contributed by atoms with Gasteiger partial charge in [-0.2, -0.15) is 13.2 Å². The summed E-state index contributed by atoms with van der Waals surface area (Å²) in [5.41, 5.74) is 0.611. The van der Waals surface area contributed by atoms with Crippen LogP contribution in [0.15, 0.2) is 48.5 Å². The minimum Gasteiger partial charge on any atom is -0.380 e. The van der Waals surface area contributed by atoms with E-state index < -0.39 is 17.6 Å². The fraction of sp³-hybridized carbons (Fsp3) is 0.500. The SMILES string of the molecule is Fc1cc(C(F)(F)F)ccc1NC1CCN([C@@H]2CCCC[C@@H]2c2ccccc2)CC1. The molecule has 0 bridgehead atoms. The van der Waals surface area contributed by atoms with Crippen molar-refractivity contribution in [2.45, 2.75) is 62.7 Å². The van der Waals surface area contributed by atoms with E-state index in [4.69, 9.17) is 0 Å². The molecule has 1 heterocycles. The molecule has 2 aromatic rings. The first-order valence-corrected chi connectivity index (χ1v) is 10.8. The summed E-state index contributed by atoms with van der Waals surface area (Å²) in [5, 5.41) is 3.13. The molecule has 1 N–H and O–H groups in total.